The van der Waals surface area contributed by atoms with Gasteiger partial charge in [-0.25, -0.2) is 4.98 Å². The fourth-order valence-electron chi connectivity index (χ4n) is 3.30. The topological polar surface area (TPSA) is 69.8 Å². The number of hydrogen-bond donors (Lipinski definition) is 1. The van der Waals surface area contributed by atoms with Gasteiger partial charge in [0.1, 0.15) is 17.9 Å². The van der Waals surface area contributed by atoms with Crippen LogP contribution in [0.4, 0.5) is 5.82 Å². The average Bonchev–Trinajstić information content (AvgIpc) is 3.10. The molecule has 0 radical (unpaired) electrons. The monoisotopic (exact) mass is 338 g/mol. The number of phenolic OH excluding ortho intramolecular Hbond substituents is 1. The zero-order valence-electron chi connectivity index (χ0n) is 14.3. The predicted octanol–water partition coefficient (Wildman–Crippen LogP) is 1.71. The van der Waals surface area contributed by atoms with Gasteiger partial charge >= 0.3 is 0 Å². The molecule has 1 fully saturated rings. The van der Waals surface area contributed by atoms with Crippen molar-refractivity contribution in [1.29, 1.82) is 0 Å². The molecule has 0 spiro atoms. The largest absolute Gasteiger partial charge is 0.508 e. The zero-order chi connectivity index (χ0) is 17.2. The minimum atomic E-state index is 0.327. The van der Waals surface area contributed by atoms with Crippen LogP contribution in [-0.4, -0.2) is 55.8 Å². The second-order valence-corrected chi connectivity index (χ2v) is 6.36. The van der Waals surface area contributed by atoms with E-state index in [4.69, 9.17) is 0 Å². The van der Waals surface area contributed by atoms with E-state index in [0.29, 0.717) is 11.5 Å². The van der Waals surface area contributed by atoms with Gasteiger partial charge in [-0.2, -0.15) is 14.6 Å². The van der Waals surface area contributed by atoms with Crippen molar-refractivity contribution in [2.45, 2.75) is 19.9 Å². The summed E-state index contributed by atoms with van der Waals surface area (Å²) in [6.07, 6.45) is 2.44. The lowest BCUT2D eigenvalue weighted by Gasteiger charge is -2.36. The van der Waals surface area contributed by atoms with Crippen molar-refractivity contribution in [2.24, 2.45) is 0 Å². The van der Waals surface area contributed by atoms with Gasteiger partial charge in [0.15, 0.2) is 0 Å². The standard InChI is InChI=1S/C18H22N6O/c1-2-15-11-17(24-18(21-15)19-13-20-24)23-8-6-22(7-9-23)12-14-4-3-5-16(25)10-14/h3-5,10-11,13,25H,2,6-9,12H2,1H3. The van der Waals surface area contributed by atoms with Crippen LogP contribution in [-0.2, 0) is 13.0 Å². The van der Waals surface area contributed by atoms with E-state index in [1.54, 1.807) is 12.4 Å². The summed E-state index contributed by atoms with van der Waals surface area (Å²) in [5.74, 6) is 2.06. The maximum absolute atomic E-state index is 9.61. The van der Waals surface area contributed by atoms with Gasteiger partial charge in [-0.3, -0.25) is 4.90 Å². The van der Waals surface area contributed by atoms with Gasteiger partial charge in [0, 0.05) is 44.5 Å². The van der Waals surface area contributed by atoms with E-state index in [9.17, 15) is 5.11 Å². The van der Waals surface area contributed by atoms with Crippen molar-refractivity contribution in [1.82, 2.24) is 24.5 Å². The molecule has 0 amide bonds. The Kier molecular flexibility index (Phi) is 4.23. The molecule has 1 N–H and O–H groups in total. The lowest BCUT2D eigenvalue weighted by atomic mass is 10.2. The van der Waals surface area contributed by atoms with Gasteiger partial charge in [0.05, 0.1) is 0 Å². The van der Waals surface area contributed by atoms with Crippen LogP contribution in [0.5, 0.6) is 5.75 Å². The van der Waals surface area contributed by atoms with Crippen LogP contribution in [0.3, 0.4) is 0 Å². The SMILES string of the molecule is CCc1cc(N2CCN(Cc3cccc(O)c3)CC2)n2ncnc2n1. The Hall–Kier alpha value is -2.67. The molecule has 3 aromatic rings. The Labute approximate surface area is 146 Å². The van der Waals surface area contributed by atoms with Crippen molar-refractivity contribution in [3.05, 3.63) is 47.9 Å². The van der Waals surface area contributed by atoms with E-state index in [2.05, 4.69) is 43.9 Å². The normalized spacial score (nSPS) is 15.8. The number of rotatable bonds is 4. The highest BCUT2D eigenvalue weighted by atomic mass is 16.3. The summed E-state index contributed by atoms with van der Waals surface area (Å²) in [6.45, 7) is 6.76. The Morgan fingerprint density at radius 2 is 1.96 bits per heavy atom. The summed E-state index contributed by atoms with van der Waals surface area (Å²) in [5.41, 5.74) is 2.18. The molecule has 130 valence electrons. The summed E-state index contributed by atoms with van der Waals surface area (Å²) in [5, 5.41) is 13.9. The van der Waals surface area contributed by atoms with Gasteiger partial charge in [-0.1, -0.05) is 19.1 Å². The fraction of sp³-hybridized carbons (Fsp3) is 0.389. The minimum absolute atomic E-state index is 0.327. The Bertz CT molecular complexity index is 869. The van der Waals surface area contributed by atoms with Gasteiger partial charge in [-0.15, -0.1) is 0 Å². The highest BCUT2D eigenvalue weighted by molar-refractivity contribution is 5.47. The Balaban J connectivity index is 1.48. The summed E-state index contributed by atoms with van der Waals surface area (Å²) in [6, 6.07) is 9.61. The lowest BCUT2D eigenvalue weighted by Crippen LogP contribution is -2.46. The molecule has 0 unspecified atom stereocenters. The Morgan fingerprint density at radius 3 is 2.72 bits per heavy atom. The van der Waals surface area contributed by atoms with E-state index < -0.39 is 0 Å². The number of piperazine rings is 1. The first-order valence-electron chi connectivity index (χ1n) is 8.68. The predicted molar refractivity (Wildman–Crippen MR) is 95.8 cm³/mol. The number of phenols is 1. The molecule has 0 bridgehead atoms. The number of aryl methyl sites for hydroxylation is 1. The fourth-order valence-corrected chi connectivity index (χ4v) is 3.30. The molecule has 0 aliphatic carbocycles. The van der Waals surface area contributed by atoms with Crippen LogP contribution in [0.1, 0.15) is 18.2 Å². The average molecular weight is 338 g/mol. The maximum Gasteiger partial charge on any atom is 0.254 e. The molecule has 1 aromatic carbocycles. The molecule has 1 aliphatic rings. The maximum atomic E-state index is 9.61. The van der Waals surface area contributed by atoms with E-state index in [1.165, 1.54) is 0 Å². The number of nitrogens with zero attached hydrogens (tertiary/aromatic N) is 6. The first-order chi connectivity index (χ1) is 12.2. The van der Waals surface area contributed by atoms with Crippen molar-refractivity contribution in [3.63, 3.8) is 0 Å². The summed E-state index contributed by atoms with van der Waals surface area (Å²) in [4.78, 5) is 13.5. The number of fused-ring (bicyclic) bond motifs is 1. The van der Waals surface area contributed by atoms with Crippen molar-refractivity contribution in [2.75, 3.05) is 31.1 Å². The molecule has 1 saturated heterocycles. The van der Waals surface area contributed by atoms with E-state index >= 15 is 0 Å². The zero-order valence-corrected chi connectivity index (χ0v) is 14.3. The third kappa shape index (κ3) is 3.28. The molecule has 4 rings (SSSR count). The van der Waals surface area contributed by atoms with Crippen LogP contribution < -0.4 is 4.90 Å². The molecule has 7 heteroatoms. The van der Waals surface area contributed by atoms with Crippen LogP contribution in [0.15, 0.2) is 36.7 Å². The van der Waals surface area contributed by atoms with E-state index in [-0.39, 0.29) is 0 Å². The molecular weight excluding hydrogens is 316 g/mol. The van der Waals surface area contributed by atoms with Gasteiger partial charge in [-0.05, 0) is 24.1 Å². The number of benzene rings is 1. The van der Waals surface area contributed by atoms with Crippen LogP contribution >= 0.6 is 0 Å². The molecule has 3 heterocycles. The third-order valence-electron chi connectivity index (χ3n) is 4.66. The van der Waals surface area contributed by atoms with E-state index in [0.717, 1.165) is 56.2 Å². The van der Waals surface area contributed by atoms with Gasteiger partial charge in [0.2, 0.25) is 0 Å². The highest BCUT2D eigenvalue weighted by Crippen LogP contribution is 2.20. The van der Waals surface area contributed by atoms with Gasteiger partial charge < -0.3 is 10.0 Å². The first-order valence-corrected chi connectivity index (χ1v) is 8.68. The van der Waals surface area contributed by atoms with E-state index in [1.807, 2.05) is 16.6 Å². The summed E-state index contributed by atoms with van der Waals surface area (Å²) < 4.78 is 1.82. The number of hydrogen-bond acceptors (Lipinski definition) is 6. The molecule has 2 aromatic heterocycles. The first kappa shape index (κ1) is 15.8. The third-order valence-corrected chi connectivity index (χ3v) is 4.66. The molecule has 25 heavy (non-hydrogen) atoms. The number of aromatic hydroxyl groups is 1. The molecule has 0 saturated carbocycles. The second kappa shape index (κ2) is 6.68. The van der Waals surface area contributed by atoms with Crippen molar-refractivity contribution >= 4 is 11.6 Å². The highest BCUT2D eigenvalue weighted by Gasteiger charge is 2.20. The van der Waals surface area contributed by atoms with Crippen molar-refractivity contribution in [3.8, 4) is 5.75 Å². The molecular formula is C18H22N6O. The summed E-state index contributed by atoms with van der Waals surface area (Å²) in [7, 11) is 0. The number of anilines is 1. The quantitative estimate of drug-likeness (QED) is 0.781. The molecule has 0 atom stereocenters. The van der Waals surface area contributed by atoms with Crippen LogP contribution in [0, 0.1) is 0 Å². The second-order valence-electron chi connectivity index (χ2n) is 6.36. The van der Waals surface area contributed by atoms with Crippen LogP contribution in [0.25, 0.3) is 5.78 Å². The van der Waals surface area contributed by atoms with Crippen molar-refractivity contribution < 1.29 is 5.11 Å². The minimum Gasteiger partial charge on any atom is -0.508 e. The van der Waals surface area contributed by atoms with Crippen LogP contribution in [0.2, 0.25) is 0 Å². The number of aromatic nitrogens is 4. The van der Waals surface area contributed by atoms with Gasteiger partial charge in [0.25, 0.3) is 5.78 Å². The molecule has 1 aliphatic heterocycles. The lowest BCUT2D eigenvalue weighted by molar-refractivity contribution is 0.248. The summed E-state index contributed by atoms with van der Waals surface area (Å²) >= 11 is 0. The molecule has 7 nitrogen and oxygen atoms in total. The smallest absolute Gasteiger partial charge is 0.254 e. The Morgan fingerprint density at radius 1 is 1.12 bits per heavy atom.